The molecule has 0 aromatic carbocycles. The molecule has 190 valence electrons. The van der Waals surface area contributed by atoms with Crippen molar-refractivity contribution in [2.45, 2.75) is 122 Å². The first-order valence-electron chi connectivity index (χ1n) is 13.8. The van der Waals surface area contributed by atoms with E-state index < -0.39 is 11.7 Å². The van der Waals surface area contributed by atoms with Gasteiger partial charge in [-0.15, -0.1) is 0 Å². The highest BCUT2D eigenvalue weighted by molar-refractivity contribution is 8.14. The lowest BCUT2D eigenvalue weighted by Gasteiger charge is -2.66. The van der Waals surface area contributed by atoms with Crippen LogP contribution in [0.5, 0.6) is 0 Å². The highest BCUT2D eigenvalue weighted by Gasteiger charge is 2.67. The minimum Gasteiger partial charge on any atom is -0.393 e. The molecule has 0 amide bonds. The predicted octanol–water partition coefficient (Wildman–Crippen LogP) is 6.19. The highest BCUT2D eigenvalue weighted by atomic mass is 32.2. The standard InChI is InChI=1S/C28H50N2O2S/c1-17(2)7-6-8-18(3)21-9-10-22-20-15-24(33-25(29)30)28(32)16-19(31)11-14-27(28,5)23(20)12-13-26(21,22)4/h17-24,31-32H,6-16H2,1-5H3,(H3,29,30)/t18-,19+,20+,21-,22+,23+,24+,26-,27-,28+/m1/s1. The summed E-state index contributed by atoms with van der Waals surface area (Å²) in [6, 6.07) is 0. The number of aliphatic hydroxyl groups is 2. The summed E-state index contributed by atoms with van der Waals surface area (Å²) in [6.07, 6.45) is 11.9. The van der Waals surface area contributed by atoms with Gasteiger partial charge in [0.1, 0.15) is 0 Å². The fraction of sp³-hybridized carbons (Fsp3) is 0.964. The van der Waals surface area contributed by atoms with Gasteiger partial charge in [-0.2, -0.15) is 0 Å². The average Bonchev–Trinajstić information content (AvgIpc) is 3.07. The summed E-state index contributed by atoms with van der Waals surface area (Å²) < 4.78 is 0. The molecule has 5 N–H and O–H groups in total. The van der Waals surface area contributed by atoms with Crippen molar-refractivity contribution in [1.82, 2.24) is 0 Å². The number of rotatable bonds is 6. The molecule has 5 heteroatoms. The number of nitrogens with one attached hydrogen (secondary N) is 1. The molecule has 0 radical (unpaired) electrons. The molecular formula is C28H50N2O2S. The lowest BCUT2D eigenvalue weighted by Crippen LogP contribution is -2.68. The summed E-state index contributed by atoms with van der Waals surface area (Å²) in [5.74, 6) is 4.25. The Kier molecular flexibility index (Phi) is 7.29. The van der Waals surface area contributed by atoms with E-state index in [1.165, 1.54) is 56.7 Å². The molecule has 4 rings (SSSR count). The quantitative estimate of drug-likeness (QED) is 0.271. The van der Waals surface area contributed by atoms with E-state index in [1.54, 1.807) is 0 Å². The molecule has 4 fully saturated rings. The third-order valence-electron chi connectivity index (χ3n) is 11.3. The molecule has 4 saturated carbocycles. The topological polar surface area (TPSA) is 90.3 Å². The largest absolute Gasteiger partial charge is 0.393 e. The molecule has 0 bridgehead atoms. The molecule has 0 spiro atoms. The Morgan fingerprint density at radius 1 is 1.06 bits per heavy atom. The van der Waals surface area contributed by atoms with Crippen molar-refractivity contribution in [3.8, 4) is 0 Å². The number of hydrogen-bond acceptors (Lipinski definition) is 4. The molecular weight excluding hydrogens is 428 g/mol. The zero-order valence-electron chi connectivity index (χ0n) is 21.8. The molecule has 0 saturated heterocycles. The van der Waals surface area contributed by atoms with Crippen LogP contribution in [0.1, 0.15) is 105 Å². The third-order valence-corrected chi connectivity index (χ3v) is 12.4. The lowest BCUT2D eigenvalue weighted by molar-refractivity contribution is -0.216. The van der Waals surface area contributed by atoms with Gasteiger partial charge in [0.25, 0.3) is 0 Å². The SMILES string of the molecule is CC(C)CCC[C@@H](C)[C@H]1CC[C@H]2[C@@H]3C[C@H](SC(=N)N)[C@@]4(O)C[C@@H](O)CC[C@]4(C)[C@H]3CC[C@]12C. The maximum absolute atomic E-state index is 12.1. The maximum atomic E-state index is 12.1. The van der Waals surface area contributed by atoms with Crippen LogP contribution in [-0.4, -0.2) is 32.3 Å². The molecule has 0 unspecified atom stereocenters. The van der Waals surface area contributed by atoms with Crippen LogP contribution in [-0.2, 0) is 0 Å². The lowest BCUT2D eigenvalue weighted by atomic mass is 9.43. The summed E-state index contributed by atoms with van der Waals surface area (Å²) in [4.78, 5) is 0. The normalized spacial score (nSPS) is 48.1. The van der Waals surface area contributed by atoms with Gasteiger partial charge < -0.3 is 15.9 Å². The zero-order valence-corrected chi connectivity index (χ0v) is 22.6. The molecule has 33 heavy (non-hydrogen) atoms. The number of fused-ring (bicyclic) bond motifs is 5. The van der Waals surface area contributed by atoms with Crippen molar-refractivity contribution >= 4 is 16.9 Å². The Hall–Kier alpha value is -0.260. The van der Waals surface area contributed by atoms with E-state index in [9.17, 15) is 10.2 Å². The van der Waals surface area contributed by atoms with Crippen LogP contribution in [0.25, 0.3) is 0 Å². The van der Waals surface area contributed by atoms with Gasteiger partial charge in [0.05, 0.1) is 11.7 Å². The summed E-state index contributed by atoms with van der Waals surface area (Å²) >= 11 is 1.37. The highest BCUT2D eigenvalue weighted by Crippen LogP contribution is 2.70. The molecule has 4 aliphatic carbocycles. The number of amidine groups is 1. The average molecular weight is 479 g/mol. The van der Waals surface area contributed by atoms with Crippen LogP contribution < -0.4 is 5.73 Å². The smallest absolute Gasteiger partial charge is 0.151 e. The first kappa shape index (κ1) is 25.8. The van der Waals surface area contributed by atoms with Crippen LogP contribution in [0.15, 0.2) is 0 Å². The number of nitrogens with two attached hydrogens (primary N) is 1. The fourth-order valence-corrected chi connectivity index (χ4v) is 10.7. The molecule has 10 atom stereocenters. The van der Waals surface area contributed by atoms with E-state index in [0.717, 1.165) is 42.9 Å². The molecule has 4 nitrogen and oxygen atoms in total. The fourth-order valence-electron chi connectivity index (χ4n) is 9.56. The Bertz CT molecular complexity index is 731. The summed E-state index contributed by atoms with van der Waals surface area (Å²) in [5, 5.41) is 30.7. The van der Waals surface area contributed by atoms with E-state index in [-0.39, 0.29) is 15.8 Å². The van der Waals surface area contributed by atoms with E-state index in [4.69, 9.17) is 11.1 Å². The van der Waals surface area contributed by atoms with Gasteiger partial charge in [-0.1, -0.05) is 65.6 Å². The van der Waals surface area contributed by atoms with E-state index in [1.807, 2.05) is 0 Å². The van der Waals surface area contributed by atoms with Crippen LogP contribution in [0.3, 0.4) is 0 Å². The summed E-state index contributed by atoms with van der Waals surface area (Å²) in [7, 11) is 0. The molecule has 0 heterocycles. The second kappa shape index (κ2) is 9.32. The second-order valence-electron chi connectivity index (χ2n) is 13.4. The Morgan fingerprint density at radius 2 is 1.79 bits per heavy atom. The monoisotopic (exact) mass is 478 g/mol. The van der Waals surface area contributed by atoms with Crippen LogP contribution >= 0.6 is 11.8 Å². The van der Waals surface area contributed by atoms with Gasteiger partial charge in [-0.05, 0) is 85.9 Å². The van der Waals surface area contributed by atoms with E-state index in [2.05, 4.69) is 34.6 Å². The first-order chi connectivity index (χ1) is 15.4. The molecule has 4 aliphatic rings. The van der Waals surface area contributed by atoms with Crippen molar-refractivity contribution in [1.29, 1.82) is 5.41 Å². The van der Waals surface area contributed by atoms with Gasteiger partial charge in [-0.3, -0.25) is 5.41 Å². The van der Waals surface area contributed by atoms with Crippen molar-refractivity contribution in [2.75, 3.05) is 0 Å². The Labute approximate surface area is 206 Å². The third kappa shape index (κ3) is 4.31. The minimum atomic E-state index is -0.932. The molecule has 0 aromatic heterocycles. The van der Waals surface area contributed by atoms with Gasteiger partial charge in [0.2, 0.25) is 0 Å². The Balaban J connectivity index is 1.58. The second-order valence-corrected chi connectivity index (χ2v) is 14.6. The molecule has 0 aromatic rings. The van der Waals surface area contributed by atoms with Crippen molar-refractivity contribution in [3.05, 3.63) is 0 Å². The van der Waals surface area contributed by atoms with Crippen LogP contribution in [0, 0.1) is 51.7 Å². The zero-order chi connectivity index (χ0) is 24.2. The summed E-state index contributed by atoms with van der Waals surface area (Å²) in [6.45, 7) is 12.1. The first-order valence-corrected chi connectivity index (χ1v) is 14.7. The van der Waals surface area contributed by atoms with Crippen LogP contribution in [0.2, 0.25) is 0 Å². The number of aliphatic hydroxyl groups excluding tert-OH is 1. The molecule has 0 aliphatic heterocycles. The maximum Gasteiger partial charge on any atom is 0.151 e. The van der Waals surface area contributed by atoms with Gasteiger partial charge in [0.15, 0.2) is 5.17 Å². The van der Waals surface area contributed by atoms with Crippen molar-refractivity contribution < 1.29 is 10.2 Å². The van der Waals surface area contributed by atoms with Crippen molar-refractivity contribution in [3.63, 3.8) is 0 Å². The van der Waals surface area contributed by atoms with E-state index in [0.29, 0.717) is 23.7 Å². The predicted molar refractivity (Wildman–Crippen MR) is 139 cm³/mol. The van der Waals surface area contributed by atoms with Gasteiger partial charge >= 0.3 is 0 Å². The van der Waals surface area contributed by atoms with Gasteiger partial charge in [-0.25, -0.2) is 0 Å². The van der Waals surface area contributed by atoms with Crippen molar-refractivity contribution in [2.24, 2.45) is 52.1 Å². The summed E-state index contributed by atoms with van der Waals surface area (Å²) in [5.41, 5.74) is 5.17. The number of hydrogen-bond donors (Lipinski definition) is 4. The van der Waals surface area contributed by atoms with Crippen LogP contribution in [0.4, 0.5) is 0 Å². The van der Waals surface area contributed by atoms with Gasteiger partial charge in [0, 0.05) is 17.1 Å². The van der Waals surface area contributed by atoms with E-state index >= 15 is 0 Å². The number of thioether (sulfide) groups is 1. The minimum absolute atomic E-state index is 0.0823. The Morgan fingerprint density at radius 3 is 2.45 bits per heavy atom.